The zero-order valence-electron chi connectivity index (χ0n) is 16.9. The Bertz CT molecular complexity index is 1320. The summed E-state index contributed by atoms with van der Waals surface area (Å²) >= 11 is 0. The van der Waals surface area contributed by atoms with Gasteiger partial charge in [0.1, 0.15) is 7.05 Å². The van der Waals surface area contributed by atoms with Crippen LogP contribution >= 0.6 is 0 Å². The van der Waals surface area contributed by atoms with Crippen LogP contribution in [0.4, 0.5) is 0 Å². The van der Waals surface area contributed by atoms with Crippen molar-refractivity contribution in [1.29, 1.82) is 0 Å². The summed E-state index contributed by atoms with van der Waals surface area (Å²) in [5, 5.41) is 2.80. The molecule has 0 N–H and O–H groups in total. The maximum Gasteiger partial charge on any atom is 0.245 e. The summed E-state index contributed by atoms with van der Waals surface area (Å²) in [6, 6.07) is 20.8. The van der Waals surface area contributed by atoms with Crippen LogP contribution in [0.3, 0.4) is 0 Å². The molecule has 1 aromatic heterocycles. The Morgan fingerprint density at radius 3 is 2.54 bits per heavy atom. The van der Waals surface area contributed by atoms with Crippen LogP contribution in [0.5, 0.6) is 0 Å². The van der Waals surface area contributed by atoms with Gasteiger partial charge in [-0.1, -0.05) is 73.3 Å². The summed E-state index contributed by atoms with van der Waals surface area (Å²) in [7, 11) is 2.19. The lowest BCUT2D eigenvalue weighted by Crippen LogP contribution is -2.54. The zero-order chi connectivity index (χ0) is 19.2. The van der Waals surface area contributed by atoms with Gasteiger partial charge >= 0.3 is 0 Å². The van der Waals surface area contributed by atoms with E-state index in [1.165, 1.54) is 60.7 Å². The molecule has 0 bridgehead atoms. The molecule has 134 valence electrons. The molecule has 2 aliphatic rings. The minimum atomic E-state index is 0.345. The third-order valence-electron chi connectivity index (χ3n) is 6.81. The third kappa shape index (κ3) is 1.86. The number of fused-ring (bicyclic) bond motifs is 5. The van der Waals surface area contributed by atoms with Crippen LogP contribution in [0, 0.1) is 6.92 Å². The highest BCUT2D eigenvalue weighted by atomic mass is 14.9. The molecule has 0 saturated carbocycles. The average Bonchev–Trinajstić information content (AvgIpc) is 3.03. The summed E-state index contributed by atoms with van der Waals surface area (Å²) in [4.78, 5) is 0. The van der Waals surface area contributed by atoms with Crippen molar-refractivity contribution < 1.29 is 4.57 Å². The molecule has 6 rings (SSSR count). The van der Waals surface area contributed by atoms with Crippen molar-refractivity contribution in [3.63, 3.8) is 0 Å². The molecule has 0 saturated heterocycles. The molecule has 0 atom stereocenters. The van der Waals surface area contributed by atoms with Crippen molar-refractivity contribution in [3.05, 3.63) is 71.9 Å². The van der Waals surface area contributed by atoms with E-state index in [1.54, 1.807) is 0 Å². The first-order valence-electron chi connectivity index (χ1n) is 10.3. The second kappa shape index (κ2) is 5.35. The molecule has 0 radical (unpaired) electrons. The Labute approximate surface area is 166 Å². The Hall–Kier alpha value is -2.87. The number of rotatable bonds is 1. The second-order valence-corrected chi connectivity index (χ2v) is 8.74. The largest absolute Gasteiger partial charge is 0.245 e. The van der Waals surface area contributed by atoms with Gasteiger partial charge in [-0.05, 0) is 45.9 Å². The highest BCUT2D eigenvalue weighted by Gasteiger charge is 2.43. The van der Waals surface area contributed by atoms with Crippen LogP contribution < -0.4 is 21.0 Å². The van der Waals surface area contributed by atoms with Gasteiger partial charge < -0.3 is 0 Å². The van der Waals surface area contributed by atoms with Gasteiger partial charge in [-0.25, -0.2) is 4.57 Å². The minimum absolute atomic E-state index is 0.345. The van der Waals surface area contributed by atoms with Crippen LogP contribution in [-0.4, -0.2) is 6.71 Å². The van der Waals surface area contributed by atoms with Crippen molar-refractivity contribution in [2.75, 3.05) is 0 Å². The maximum atomic E-state index is 2.48. The molecule has 1 nitrogen and oxygen atoms in total. The van der Waals surface area contributed by atoms with E-state index in [1.807, 2.05) is 0 Å². The lowest BCUT2D eigenvalue weighted by atomic mass is 9.35. The summed E-state index contributed by atoms with van der Waals surface area (Å²) in [6.07, 6.45) is 2.23. The Kier molecular flexibility index (Phi) is 3.08. The fourth-order valence-electron chi connectivity index (χ4n) is 5.47. The summed E-state index contributed by atoms with van der Waals surface area (Å²) in [5.74, 6) is 0.521. The second-order valence-electron chi connectivity index (χ2n) is 8.74. The standard InChI is InChI=1S/C26H23BN/c1-15(2)18-13-17-11-12-28(4)26-23-16(3)9-10-20-19-7-5-6-8-21(19)27(25(20)23)22(14-18)24(17)26/h5-15H,1-4H3/q+1. The lowest BCUT2D eigenvalue weighted by Gasteiger charge is -2.25. The van der Waals surface area contributed by atoms with Crippen LogP contribution in [0.2, 0.25) is 0 Å². The molecule has 0 spiro atoms. The van der Waals surface area contributed by atoms with Gasteiger partial charge in [0.25, 0.3) is 0 Å². The summed E-state index contributed by atoms with van der Waals surface area (Å²) < 4.78 is 2.32. The highest BCUT2D eigenvalue weighted by molar-refractivity contribution is 7.01. The molecule has 2 heteroatoms. The van der Waals surface area contributed by atoms with E-state index in [2.05, 4.69) is 93.2 Å². The number of benzene rings is 3. The maximum absolute atomic E-state index is 2.48. The molecule has 3 aromatic carbocycles. The predicted octanol–water partition coefficient (Wildman–Crippen LogP) is 3.57. The number of hydrogen-bond acceptors (Lipinski definition) is 0. The molecular formula is C26H23BN+. The molecule has 0 amide bonds. The predicted molar refractivity (Wildman–Crippen MR) is 119 cm³/mol. The van der Waals surface area contributed by atoms with E-state index in [4.69, 9.17) is 0 Å². The Morgan fingerprint density at radius 1 is 0.893 bits per heavy atom. The van der Waals surface area contributed by atoms with Crippen LogP contribution in [0.1, 0.15) is 30.9 Å². The van der Waals surface area contributed by atoms with Crippen molar-refractivity contribution in [3.8, 4) is 22.4 Å². The first-order chi connectivity index (χ1) is 13.6. The average molecular weight is 360 g/mol. The van der Waals surface area contributed by atoms with Gasteiger partial charge in [0.2, 0.25) is 12.4 Å². The molecular weight excluding hydrogens is 337 g/mol. The van der Waals surface area contributed by atoms with E-state index in [-0.39, 0.29) is 0 Å². The van der Waals surface area contributed by atoms with E-state index in [9.17, 15) is 0 Å². The van der Waals surface area contributed by atoms with Gasteiger partial charge in [0.15, 0.2) is 6.20 Å². The number of hydrogen-bond donors (Lipinski definition) is 0. The molecule has 2 aliphatic heterocycles. The van der Waals surface area contributed by atoms with E-state index in [0.717, 1.165) is 0 Å². The molecule has 4 aromatic rings. The van der Waals surface area contributed by atoms with E-state index in [0.29, 0.717) is 12.6 Å². The van der Waals surface area contributed by atoms with Crippen LogP contribution in [-0.2, 0) is 7.05 Å². The van der Waals surface area contributed by atoms with E-state index >= 15 is 0 Å². The van der Waals surface area contributed by atoms with Crippen LogP contribution in [0.15, 0.2) is 60.8 Å². The lowest BCUT2D eigenvalue weighted by molar-refractivity contribution is -0.659. The molecule has 0 aliphatic carbocycles. The number of aromatic nitrogens is 1. The SMILES string of the molecule is Cc1ccc2c3c1-c1c4c(cc(C(C)C)cc4cc[n+]1C)B3c1ccccc1-2. The summed E-state index contributed by atoms with van der Waals surface area (Å²) in [6.45, 7) is 7.21. The van der Waals surface area contributed by atoms with Crippen molar-refractivity contribution >= 4 is 33.9 Å². The Balaban J connectivity index is 1.87. The van der Waals surface area contributed by atoms with Gasteiger partial charge in [-0.2, -0.15) is 0 Å². The zero-order valence-corrected chi connectivity index (χ0v) is 16.9. The monoisotopic (exact) mass is 360 g/mol. The Morgan fingerprint density at radius 2 is 1.71 bits per heavy atom. The number of pyridine rings is 1. The van der Waals surface area contributed by atoms with Crippen molar-refractivity contribution in [2.45, 2.75) is 26.7 Å². The third-order valence-corrected chi connectivity index (χ3v) is 6.81. The molecule has 0 unspecified atom stereocenters. The minimum Gasteiger partial charge on any atom is -0.200 e. The van der Waals surface area contributed by atoms with Gasteiger partial charge in [0.05, 0.1) is 0 Å². The van der Waals surface area contributed by atoms with Gasteiger partial charge in [0, 0.05) is 17.0 Å². The molecule has 0 fully saturated rings. The summed E-state index contributed by atoms with van der Waals surface area (Å²) in [5.41, 5.74) is 12.9. The quantitative estimate of drug-likeness (QED) is 0.312. The van der Waals surface area contributed by atoms with Crippen molar-refractivity contribution in [2.24, 2.45) is 7.05 Å². The topological polar surface area (TPSA) is 3.88 Å². The highest BCUT2D eigenvalue weighted by Crippen LogP contribution is 2.37. The van der Waals surface area contributed by atoms with Gasteiger partial charge in [-0.15, -0.1) is 0 Å². The van der Waals surface area contributed by atoms with E-state index < -0.39 is 0 Å². The fourth-order valence-corrected chi connectivity index (χ4v) is 5.47. The van der Waals surface area contributed by atoms with Gasteiger partial charge in [-0.3, -0.25) is 0 Å². The smallest absolute Gasteiger partial charge is 0.200 e. The fraction of sp³-hybridized carbons (Fsp3) is 0.192. The van der Waals surface area contributed by atoms with Crippen LogP contribution in [0.25, 0.3) is 33.2 Å². The normalized spacial score (nSPS) is 13.2. The first kappa shape index (κ1) is 16.1. The van der Waals surface area contributed by atoms with Crippen molar-refractivity contribution in [1.82, 2.24) is 0 Å². The number of aryl methyl sites for hydroxylation is 2. The molecule has 3 heterocycles. The molecule has 28 heavy (non-hydrogen) atoms. The first-order valence-corrected chi connectivity index (χ1v) is 10.3. The number of nitrogens with zero attached hydrogens (tertiary/aromatic N) is 1.